The molecule has 132 valence electrons. The van der Waals surface area contributed by atoms with Gasteiger partial charge in [-0.25, -0.2) is 14.5 Å². The van der Waals surface area contributed by atoms with Crippen molar-refractivity contribution >= 4 is 18.2 Å². The zero-order chi connectivity index (χ0) is 18.0. The molecule has 0 aliphatic heterocycles. The topological polar surface area (TPSA) is 82.1 Å². The molecule has 7 heteroatoms. The third-order valence-electron chi connectivity index (χ3n) is 2.86. The minimum Gasteiger partial charge on any atom is -0.466 e. The summed E-state index contributed by atoms with van der Waals surface area (Å²) in [5.74, 6) is -0.940. The van der Waals surface area contributed by atoms with Gasteiger partial charge in [-0.2, -0.15) is 0 Å². The molecule has 0 unspecified atom stereocenters. The van der Waals surface area contributed by atoms with Crippen LogP contribution in [0.25, 0.3) is 0 Å². The van der Waals surface area contributed by atoms with E-state index in [2.05, 4.69) is 0 Å². The fourth-order valence-corrected chi connectivity index (χ4v) is 1.94. The van der Waals surface area contributed by atoms with Gasteiger partial charge in [0.05, 0.1) is 18.6 Å². The van der Waals surface area contributed by atoms with Crippen LogP contribution in [0.2, 0.25) is 0 Å². The molecule has 0 saturated heterocycles. The third kappa shape index (κ3) is 6.08. The maximum Gasteiger partial charge on any atom is 0.420 e. The van der Waals surface area contributed by atoms with E-state index < -0.39 is 41.3 Å². The first-order valence-corrected chi connectivity index (χ1v) is 7.77. The molecule has 1 rings (SSSR count). The van der Waals surface area contributed by atoms with Gasteiger partial charge < -0.3 is 14.2 Å². The van der Waals surface area contributed by atoms with Crippen LogP contribution in [0.4, 0.5) is 9.59 Å². The molecule has 2 atom stereocenters. The Morgan fingerprint density at radius 1 is 0.957 bits per heavy atom. The van der Waals surface area contributed by atoms with E-state index in [4.69, 9.17) is 14.2 Å². The van der Waals surface area contributed by atoms with Crippen LogP contribution in [0.5, 0.6) is 0 Å². The van der Waals surface area contributed by atoms with E-state index in [0.717, 1.165) is 4.90 Å². The normalized spacial score (nSPS) is 20.5. The number of carbonyl (C=O) groups excluding carboxylic acids is 3. The molecule has 0 radical (unpaired) electrons. The Kier molecular flexibility index (Phi) is 5.66. The molecule has 0 aromatic carbocycles. The summed E-state index contributed by atoms with van der Waals surface area (Å²) in [6.07, 6.45) is -1.27. The van der Waals surface area contributed by atoms with Gasteiger partial charge in [-0.05, 0) is 54.9 Å². The van der Waals surface area contributed by atoms with Gasteiger partial charge in [0.25, 0.3) is 0 Å². The Labute approximate surface area is 137 Å². The monoisotopic (exact) mass is 329 g/mol. The van der Waals surface area contributed by atoms with Crippen LogP contribution in [0.1, 0.15) is 54.9 Å². The number of ether oxygens (including phenoxy) is 3. The van der Waals surface area contributed by atoms with Gasteiger partial charge in [-0.3, -0.25) is 4.79 Å². The van der Waals surface area contributed by atoms with Crippen molar-refractivity contribution in [3.8, 4) is 0 Å². The summed E-state index contributed by atoms with van der Waals surface area (Å²) in [7, 11) is 0. The fourth-order valence-electron chi connectivity index (χ4n) is 1.94. The number of amides is 2. The molecule has 0 bridgehead atoms. The molecular weight excluding hydrogens is 302 g/mol. The zero-order valence-electron chi connectivity index (χ0n) is 15.0. The second kappa shape index (κ2) is 6.76. The lowest BCUT2D eigenvalue weighted by Crippen LogP contribution is -2.45. The zero-order valence-corrected chi connectivity index (χ0v) is 15.0. The molecule has 0 aromatic rings. The summed E-state index contributed by atoms with van der Waals surface area (Å²) in [5.41, 5.74) is -1.52. The van der Waals surface area contributed by atoms with E-state index in [0.29, 0.717) is 6.42 Å². The van der Waals surface area contributed by atoms with E-state index in [1.807, 2.05) is 0 Å². The summed E-state index contributed by atoms with van der Waals surface area (Å²) in [6, 6.07) is -0.584. The Morgan fingerprint density at radius 3 is 1.74 bits per heavy atom. The lowest BCUT2D eigenvalue weighted by atomic mass is 10.2. The van der Waals surface area contributed by atoms with E-state index in [1.165, 1.54) is 0 Å². The Bertz CT molecular complexity index is 446. The second-order valence-corrected chi connectivity index (χ2v) is 7.49. The maximum absolute atomic E-state index is 12.3. The number of hydrogen-bond acceptors (Lipinski definition) is 6. The van der Waals surface area contributed by atoms with Gasteiger partial charge in [0, 0.05) is 0 Å². The van der Waals surface area contributed by atoms with Crippen LogP contribution < -0.4 is 0 Å². The molecule has 0 spiro atoms. The molecule has 1 aliphatic carbocycles. The van der Waals surface area contributed by atoms with Gasteiger partial charge >= 0.3 is 18.2 Å². The molecule has 1 aliphatic rings. The van der Waals surface area contributed by atoms with Crippen LogP contribution in [0, 0.1) is 5.92 Å². The molecule has 2 amide bonds. The number of hydrogen-bond donors (Lipinski definition) is 0. The Hall–Kier alpha value is -1.79. The van der Waals surface area contributed by atoms with Crippen molar-refractivity contribution in [3.63, 3.8) is 0 Å². The second-order valence-electron chi connectivity index (χ2n) is 7.49. The summed E-state index contributed by atoms with van der Waals surface area (Å²) < 4.78 is 15.5. The smallest absolute Gasteiger partial charge is 0.420 e. The molecule has 0 heterocycles. The van der Waals surface area contributed by atoms with Crippen molar-refractivity contribution in [2.75, 3.05) is 6.61 Å². The highest BCUT2D eigenvalue weighted by molar-refractivity contribution is 5.91. The highest BCUT2D eigenvalue weighted by Crippen LogP contribution is 2.38. The average Bonchev–Trinajstić information content (AvgIpc) is 3.04. The Balaban J connectivity index is 2.89. The highest BCUT2D eigenvalue weighted by atomic mass is 16.6. The average molecular weight is 329 g/mol. The SMILES string of the molecule is CCOC(=O)[C@@H]1C[C@H]1N(C(=O)OC(C)(C)C)C(=O)OC(C)(C)C. The lowest BCUT2D eigenvalue weighted by Gasteiger charge is -2.28. The lowest BCUT2D eigenvalue weighted by molar-refractivity contribution is -0.145. The van der Waals surface area contributed by atoms with E-state index in [-0.39, 0.29) is 6.61 Å². The van der Waals surface area contributed by atoms with E-state index in [9.17, 15) is 14.4 Å². The number of imide groups is 1. The van der Waals surface area contributed by atoms with Crippen molar-refractivity contribution in [3.05, 3.63) is 0 Å². The molecule has 23 heavy (non-hydrogen) atoms. The van der Waals surface area contributed by atoms with Crippen molar-refractivity contribution in [2.24, 2.45) is 5.92 Å². The predicted molar refractivity (Wildman–Crippen MR) is 82.8 cm³/mol. The van der Waals surface area contributed by atoms with Crippen LogP contribution in [-0.4, -0.2) is 46.9 Å². The Morgan fingerprint density at radius 2 is 1.39 bits per heavy atom. The van der Waals surface area contributed by atoms with Crippen LogP contribution >= 0.6 is 0 Å². The largest absolute Gasteiger partial charge is 0.466 e. The van der Waals surface area contributed by atoms with E-state index in [1.54, 1.807) is 48.5 Å². The number of carbonyl (C=O) groups is 3. The summed E-state index contributed by atoms with van der Waals surface area (Å²) in [6.45, 7) is 12.2. The minimum absolute atomic E-state index is 0.251. The fraction of sp³-hybridized carbons (Fsp3) is 0.812. The molecular formula is C16H27NO6. The van der Waals surface area contributed by atoms with Gasteiger partial charge in [0.15, 0.2) is 0 Å². The van der Waals surface area contributed by atoms with Crippen LogP contribution in [0.3, 0.4) is 0 Å². The number of rotatable bonds is 3. The minimum atomic E-state index is -0.816. The quantitative estimate of drug-likeness (QED) is 0.584. The first-order valence-electron chi connectivity index (χ1n) is 7.77. The highest BCUT2D eigenvalue weighted by Gasteiger charge is 2.54. The van der Waals surface area contributed by atoms with Crippen molar-refractivity contribution < 1.29 is 28.6 Å². The summed E-state index contributed by atoms with van der Waals surface area (Å²) in [5, 5.41) is 0. The molecule has 1 fully saturated rings. The molecule has 7 nitrogen and oxygen atoms in total. The maximum atomic E-state index is 12.3. The van der Waals surface area contributed by atoms with E-state index >= 15 is 0 Å². The predicted octanol–water partition coefficient (Wildman–Crippen LogP) is 3.11. The molecule has 0 N–H and O–H groups in total. The van der Waals surface area contributed by atoms with Gasteiger partial charge in [-0.15, -0.1) is 0 Å². The van der Waals surface area contributed by atoms with Gasteiger partial charge in [0.2, 0.25) is 0 Å². The van der Waals surface area contributed by atoms with Crippen molar-refractivity contribution in [2.45, 2.75) is 72.1 Å². The third-order valence-corrected chi connectivity index (χ3v) is 2.86. The molecule has 1 saturated carbocycles. The summed E-state index contributed by atoms with van der Waals surface area (Å²) in [4.78, 5) is 37.4. The summed E-state index contributed by atoms with van der Waals surface area (Å²) >= 11 is 0. The molecule has 0 aromatic heterocycles. The first-order chi connectivity index (χ1) is 10.4. The van der Waals surface area contributed by atoms with Gasteiger partial charge in [-0.1, -0.05) is 0 Å². The standard InChI is InChI=1S/C16H27NO6/c1-8-21-12(18)10-9-11(10)17(13(19)22-15(2,3)4)14(20)23-16(5,6)7/h10-11H,8-9H2,1-7H3/t10-,11-/m1/s1. The first kappa shape index (κ1) is 19.3. The van der Waals surface area contributed by atoms with Crippen LogP contribution in [-0.2, 0) is 19.0 Å². The number of nitrogens with zero attached hydrogens (tertiary/aromatic N) is 1. The van der Waals surface area contributed by atoms with Crippen molar-refractivity contribution in [1.82, 2.24) is 4.90 Å². The van der Waals surface area contributed by atoms with Crippen molar-refractivity contribution in [1.29, 1.82) is 0 Å². The van der Waals surface area contributed by atoms with Gasteiger partial charge in [0.1, 0.15) is 11.2 Å². The van der Waals surface area contributed by atoms with Crippen LogP contribution in [0.15, 0.2) is 0 Å². The number of esters is 1.